The first-order chi connectivity index (χ1) is 25.2. The second kappa shape index (κ2) is 14.3. The van der Waals surface area contributed by atoms with Gasteiger partial charge < -0.3 is 19.5 Å². The molecule has 13 nitrogen and oxygen atoms in total. The average Bonchev–Trinajstić information content (AvgIpc) is 3.72. The molecule has 4 aromatic heterocycles. The van der Waals surface area contributed by atoms with Gasteiger partial charge in [-0.15, -0.1) is 0 Å². The van der Waals surface area contributed by atoms with Gasteiger partial charge in [0.25, 0.3) is 0 Å². The summed E-state index contributed by atoms with van der Waals surface area (Å²) in [6, 6.07) is 12.7. The van der Waals surface area contributed by atoms with Gasteiger partial charge in [0.05, 0.1) is 21.6 Å². The fraction of sp³-hybridized carbons (Fsp3) is 0.421. The van der Waals surface area contributed by atoms with Gasteiger partial charge >= 0.3 is 0 Å². The zero-order chi connectivity index (χ0) is 35.9. The van der Waals surface area contributed by atoms with Crippen LogP contribution >= 0.6 is 15.9 Å². The number of pyridine rings is 2. The Morgan fingerprint density at radius 2 is 1.83 bits per heavy atom. The lowest BCUT2D eigenvalue weighted by molar-refractivity contribution is -0.134. The quantitative estimate of drug-likeness (QED) is 0.193. The molecule has 1 aromatic carbocycles. The number of amides is 2. The number of piperazine rings is 1. The van der Waals surface area contributed by atoms with Crippen molar-refractivity contribution in [3.05, 3.63) is 70.7 Å². The molecular weight excluding hydrogens is 724 g/mol. The van der Waals surface area contributed by atoms with Crippen LogP contribution in [0.15, 0.2) is 59.5 Å². The number of halogens is 1. The number of aromatic amines is 1. The van der Waals surface area contributed by atoms with Crippen molar-refractivity contribution < 1.29 is 14.3 Å². The van der Waals surface area contributed by atoms with Crippen molar-refractivity contribution in [3.8, 4) is 22.9 Å². The fourth-order valence-corrected chi connectivity index (χ4v) is 8.30. The Bertz CT molecular complexity index is 2110. The van der Waals surface area contributed by atoms with Crippen LogP contribution in [0.5, 0.6) is 11.5 Å². The molecule has 3 saturated heterocycles. The van der Waals surface area contributed by atoms with Crippen LogP contribution in [0.2, 0.25) is 0 Å². The second-order valence-corrected chi connectivity index (χ2v) is 15.2. The number of aryl methyl sites for hydroxylation is 2. The number of nitrogens with zero attached hydrogens (tertiary/aromatic N) is 8. The number of H-pyrrole nitrogens is 1. The van der Waals surface area contributed by atoms with E-state index in [1.54, 1.807) is 17.1 Å². The zero-order valence-corrected chi connectivity index (χ0v) is 31.3. The molecule has 8 rings (SSSR count). The standard InChI is InChI=1S/C38H43BrN10O3/c1-23-20-47(21-25-11-14-48(15-12-25)32-18-26(10-13-40-32)29-8-9-33(50)42-38(29)51)16-17-49(23)27-4-6-28(7-5-27)52-35-31(39)19-41-37-34(35)43-36(44-37)30-22-46(3)45-24(30)2/h4-7,10,13,18-19,22-23,25,29H,8-9,11-12,14-17,20-21H2,1-3H3,(H,41,43,44)(H,42,50,51)/t23-,29?/m0/s1. The molecule has 2 atom stereocenters. The number of imide groups is 1. The van der Waals surface area contributed by atoms with Gasteiger partial charge in [-0.25, -0.2) is 15.0 Å². The molecule has 2 amide bonds. The third kappa shape index (κ3) is 7.01. The van der Waals surface area contributed by atoms with Gasteiger partial charge in [-0.2, -0.15) is 5.10 Å². The Morgan fingerprint density at radius 1 is 1.02 bits per heavy atom. The second-order valence-electron chi connectivity index (χ2n) is 14.3. The van der Waals surface area contributed by atoms with E-state index in [-0.39, 0.29) is 17.7 Å². The molecule has 14 heteroatoms. The molecular formula is C38H43BrN10O3. The van der Waals surface area contributed by atoms with Gasteiger partial charge in [0.15, 0.2) is 11.4 Å². The van der Waals surface area contributed by atoms with E-state index in [1.165, 1.54) is 5.69 Å². The van der Waals surface area contributed by atoms with E-state index >= 15 is 0 Å². The summed E-state index contributed by atoms with van der Waals surface area (Å²) < 4.78 is 8.94. The third-order valence-electron chi connectivity index (χ3n) is 10.7. The third-order valence-corrected chi connectivity index (χ3v) is 11.2. The van der Waals surface area contributed by atoms with Crippen LogP contribution in [0.3, 0.4) is 0 Å². The molecule has 0 radical (unpaired) electrons. The number of benzene rings is 1. The minimum absolute atomic E-state index is 0.188. The number of hydrogen-bond acceptors (Lipinski definition) is 10. The highest BCUT2D eigenvalue weighted by molar-refractivity contribution is 9.10. The Balaban J connectivity index is 0.848. The summed E-state index contributed by atoms with van der Waals surface area (Å²) in [5.41, 5.74) is 5.25. The van der Waals surface area contributed by atoms with Crippen LogP contribution in [0, 0.1) is 12.8 Å². The molecule has 2 N–H and O–H groups in total. The SMILES string of the molecule is Cc1nn(C)cc1-c1nc2ncc(Br)c(Oc3ccc(N4CCN(CC5CCN(c6cc(C7CCC(=O)NC7=O)ccn6)CC5)C[C@@H]4C)cc3)c2[nH]1. The molecule has 52 heavy (non-hydrogen) atoms. The highest BCUT2D eigenvalue weighted by atomic mass is 79.9. The Morgan fingerprint density at radius 3 is 2.56 bits per heavy atom. The number of fused-ring (bicyclic) bond motifs is 1. The van der Waals surface area contributed by atoms with Gasteiger partial charge in [0, 0.05) is 83.1 Å². The molecule has 3 fully saturated rings. The van der Waals surface area contributed by atoms with E-state index in [1.807, 2.05) is 44.4 Å². The number of carbonyl (C=O) groups excluding carboxylic acids is 2. The highest BCUT2D eigenvalue weighted by Gasteiger charge is 2.30. The number of hydrogen-bond donors (Lipinski definition) is 2. The van der Waals surface area contributed by atoms with Crippen molar-refractivity contribution in [1.29, 1.82) is 0 Å². The lowest BCUT2D eigenvalue weighted by Crippen LogP contribution is -2.53. The van der Waals surface area contributed by atoms with Crippen molar-refractivity contribution in [1.82, 2.24) is 39.9 Å². The van der Waals surface area contributed by atoms with Gasteiger partial charge in [-0.3, -0.25) is 24.5 Å². The summed E-state index contributed by atoms with van der Waals surface area (Å²) in [6.07, 6.45) is 8.62. The Labute approximate surface area is 310 Å². The zero-order valence-electron chi connectivity index (χ0n) is 29.7. The maximum Gasteiger partial charge on any atom is 0.234 e. The monoisotopic (exact) mass is 766 g/mol. The van der Waals surface area contributed by atoms with Crippen LogP contribution in [0.1, 0.15) is 49.8 Å². The Hall–Kier alpha value is -4.82. The predicted octanol–water partition coefficient (Wildman–Crippen LogP) is 5.56. The summed E-state index contributed by atoms with van der Waals surface area (Å²) >= 11 is 3.63. The average molecular weight is 768 g/mol. The number of aromatic nitrogens is 6. The summed E-state index contributed by atoms with van der Waals surface area (Å²) in [7, 11) is 1.90. The van der Waals surface area contributed by atoms with Crippen molar-refractivity contribution in [3.63, 3.8) is 0 Å². The first-order valence-corrected chi connectivity index (χ1v) is 18.8. The molecule has 0 aliphatic carbocycles. The number of nitrogens with one attached hydrogen (secondary N) is 2. The minimum atomic E-state index is -0.288. The van der Waals surface area contributed by atoms with E-state index in [4.69, 9.17) is 9.72 Å². The summed E-state index contributed by atoms with van der Waals surface area (Å²) in [5.74, 6) is 2.97. The number of ether oxygens (including phenoxy) is 1. The van der Waals surface area contributed by atoms with E-state index in [0.717, 1.165) is 90.5 Å². The van der Waals surface area contributed by atoms with Gasteiger partial charge in [-0.1, -0.05) is 0 Å². The largest absolute Gasteiger partial charge is 0.454 e. The normalized spacial score (nSPS) is 20.5. The van der Waals surface area contributed by atoms with Crippen LogP contribution in [-0.2, 0) is 16.6 Å². The van der Waals surface area contributed by atoms with Crippen LogP contribution < -0.4 is 19.9 Å². The van der Waals surface area contributed by atoms with Crippen LogP contribution in [0.4, 0.5) is 11.5 Å². The topological polar surface area (TPSA) is 137 Å². The molecule has 5 aromatic rings. The maximum atomic E-state index is 12.4. The van der Waals surface area contributed by atoms with E-state index < -0.39 is 0 Å². The van der Waals surface area contributed by atoms with E-state index in [9.17, 15) is 9.59 Å². The van der Waals surface area contributed by atoms with Gasteiger partial charge in [-0.05, 0) is 96.9 Å². The first kappa shape index (κ1) is 34.3. The molecule has 7 heterocycles. The van der Waals surface area contributed by atoms with Crippen molar-refractivity contribution in [2.75, 3.05) is 49.1 Å². The summed E-state index contributed by atoms with van der Waals surface area (Å²) in [4.78, 5) is 48.7. The predicted molar refractivity (Wildman–Crippen MR) is 203 cm³/mol. The molecule has 0 bridgehead atoms. The highest BCUT2D eigenvalue weighted by Crippen LogP contribution is 2.37. The molecule has 1 unspecified atom stereocenters. The maximum absolute atomic E-state index is 12.4. The van der Waals surface area contributed by atoms with Crippen molar-refractivity contribution in [2.24, 2.45) is 13.0 Å². The van der Waals surface area contributed by atoms with Crippen molar-refractivity contribution in [2.45, 2.75) is 51.5 Å². The number of anilines is 2. The first-order valence-electron chi connectivity index (χ1n) is 18.0. The number of piperidine rings is 2. The molecule has 270 valence electrons. The van der Waals surface area contributed by atoms with Crippen LogP contribution in [0.25, 0.3) is 22.6 Å². The van der Waals surface area contributed by atoms with E-state index in [0.29, 0.717) is 42.0 Å². The van der Waals surface area contributed by atoms with Gasteiger partial charge in [0.1, 0.15) is 22.9 Å². The molecule has 3 aliphatic rings. The summed E-state index contributed by atoms with van der Waals surface area (Å²) in [5, 5.41) is 6.92. The molecule has 0 saturated carbocycles. The lowest BCUT2D eigenvalue weighted by atomic mass is 9.91. The molecule has 0 spiro atoms. The summed E-state index contributed by atoms with van der Waals surface area (Å²) in [6.45, 7) is 10.3. The lowest BCUT2D eigenvalue weighted by Gasteiger charge is -2.43. The van der Waals surface area contributed by atoms with Gasteiger partial charge in [0.2, 0.25) is 11.8 Å². The molecule has 3 aliphatic heterocycles. The number of imidazole rings is 1. The minimum Gasteiger partial charge on any atom is -0.454 e. The van der Waals surface area contributed by atoms with Crippen LogP contribution in [-0.4, -0.2) is 91.7 Å². The smallest absolute Gasteiger partial charge is 0.234 e. The number of carbonyl (C=O) groups is 2. The fourth-order valence-electron chi connectivity index (χ4n) is 7.92. The van der Waals surface area contributed by atoms with Crippen molar-refractivity contribution >= 4 is 50.4 Å². The Kier molecular flexibility index (Phi) is 9.43. The van der Waals surface area contributed by atoms with E-state index in [2.05, 4.69) is 75.1 Å². The number of rotatable bonds is 8.